The molecule has 27 heavy (non-hydrogen) atoms. The summed E-state index contributed by atoms with van der Waals surface area (Å²) < 4.78 is 4.96. The minimum Gasteiger partial charge on any atom is -0.456 e. The Labute approximate surface area is 174 Å². The fourth-order valence-corrected chi connectivity index (χ4v) is 4.02. The highest BCUT2D eigenvalue weighted by Crippen LogP contribution is 2.66. The van der Waals surface area contributed by atoms with Crippen LogP contribution in [-0.4, -0.2) is 20.8 Å². The van der Waals surface area contributed by atoms with Crippen LogP contribution in [0.5, 0.6) is 0 Å². The van der Waals surface area contributed by atoms with E-state index in [9.17, 15) is 9.59 Å². The van der Waals surface area contributed by atoms with Gasteiger partial charge in [-0.25, -0.2) is 5.43 Å². The van der Waals surface area contributed by atoms with Crippen molar-refractivity contribution in [3.63, 3.8) is 0 Å². The topological polar surface area (TPSA) is 83.7 Å². The minimum atomic E-state index is -0.534. The smallest absolute Gasteiger partial charge is 0.291 e. The van der Waals surface area contributed by atoms with Crippen molar-refractivity contribution in [2.75, 3.05) is 5.32 Å². The summed E-state index contributed by atoms with van der Waals surface area (Å²) in [4.78, 5) is 24.5. The third-order valence-electron chi connectivity index (χ3n) is 4.59. The van der Waals surface area contributed by atoms with Gasteiger partial charge in [0.1, 0.15) is 5.76 Å². The number of hydrazone groups is 1. The number of carbonyl (C=O) groups excluding carboxylic acids is 2. The fourth-order valence-electron chi connectivity index (χ4n) is 2.54. The van der Waals surface area contributed by atoms with E-state index in [0.29, 0.717) is 23.6 Å². The van der Waals surface area contributed by atoms with Crippen molar-refractivity contribution >= 4 is 55.1 Å². The molecule has 1 heterocycles. The molecule has 6 nitrogen and oxygen atoms in total. The number of furan rings is 1. The van der Waals surface area contributed by atoms with Crippen molar-refractivity contribution in [2.24, 2.45) is 10.5 Å². The molecule has 3 rings (SSSR count). The lowest BCUT2D eigenvalue weighted by Gasteiger charge is -2.11. The predicted octanol–water partition coefficient (Wildman–Crippen LogP) is 4.58. The van der Waals surface area contributed by atoms with Crippen LogP contribution in [0.25, 0.3) is 0 Å². The zero-order valence-corrected chi connectivity index (χ0v) is 18.3. The number of nitrogens with zero attached hydrogens (tertiary/aromatic N) is 1. The summed E-state index contributed by atoms with van der Waals surface area (Å²) in [6, 6.07) is 10.6. The number of amides is 2. The SMILES string of the molecule is C/C(=N/NC(=O)[C@@]1(C)CC1(Br)Br)c1cccc(NC(=O)c2ccc(C)o2)c1. The molecule has 1 aliphatic carbocycles. The number of anilines is 1. The number of carbonyl (C=O) groups is 2. The zero-order chi connectivity index (χ0) is 19.8. The number of aryl methyl sites for hydroxylation is 1. The van der Waals surface area contributed by atoms with Crippen molar-refractivity contribution in [1.82, 2.24) is 5.43 Å². The maximum atomic E-state index is 12.3. The molecule has 1 atom stereocenters. The number of benzene rings is 1. The summed E-state index contributed by atoms with van der Waals surface area (Å²) in [5.74, 6) is 0.443. The molecule has 1 aromatic heterocycles. The predicted molar refractivity (Wildman–Crippen MR) is 112 cm³/mol. The molecule has 142 valence electrons. The molecule has 1 aliphatic rings. The minimum absolute atomic E-state index is 0.159. The molecule has 0 radical (unpaired) electrons. The molecule has 1 aromatic carbocycles. The second kappa shape index (κ2) is 7.24. The molecule has 2 N–H and O–H groups in total. The first-order valence-electron chi connectivity index (χ1n) is 8.33. The van der Waals surface area contributed by atoms with Crippen molar-refractivity contribution in [3.8, 4) is 0 Å². The Morgan fingerprint density at radius 2 is 1.93 bits per heavy atom. The summed E-state index contributed by atoms with van der Waals surface area (Å²) in [5, 5.41) is 6.98. The van der Waals surface area contributed by atoms with Gasteiger partial charge in [-0.2, -0.15) is 5.10 Å². The number of hydrogen-bond donors (Lipinski definition) is 2. The molecule has 1 fully saturated rings. The van der Waals surface area contributed by atoms with Gasteiger partial charge in [0.2, 0.25) is 5.91 Å². The van der Waals surface area contributed by atoms with Gasteiger partial charge in [0.15, 0.2) is 5.76 Å². The third-order valence-corrected chi connectivity index (χ3v) is 6.90. The van der Waals surface area contributed by atoms with E-state index in [4.69, 9.17) is 4.42 Å². The number of rotatable bonds is 5. The summed E-state index contributed by atoms with van der Waals surface area (Å²) >= 11 is 6.95. The van der Waals surface area contributed by atoms with Gasteiger partial charge in [-0.05, 0) is 57.0 Å². The van der Waals surface area contributed by atoms with Crippen molar-refractivity contribution in [3.05, 3.63) is 53.5 Å². The first kappa shape index (κ1) is 19.8. The first-order chi connectivity index (χ1) is 12.6. The Bertz CT molecular complexity index is 936. The standard InChI is InChI=1S/C19H19Br2N3O3/c1-11-7-8-15(27-11)16(25)22-14-6-4-5-13(9-14)12(2)23-24-17(26)18(3)10-19(18,20)21/h4-9H,10H2,1-3H3,(H,22,25)(H,24,26)/b23-12-/t18-/m1/s1. The quantitative estimate of drug-likeness (QED) is 0.361. The van der Waals surface area contributed by atoms with Gasteiger partial charge in [0.05, 0.1) is 14.4 Å². The van der Waals surface area contributed by atoms with Gasteiger partial charge < -0.3 is 9.73 Å². The van der Waals surface area contributed by atoms with E-state index in [2.05, 4.69) is 47.7 Å². The average molecular weight is 497 g/mol. The van der Waals surface area contributed by atoms with Gasteiger partial charge in [0.25, 0.3) is 5.91 Å². The highest BCUT2D eigenvalue weighted by Gasteiger charge is 2.66. The lowest BCUT2D eigenvalue weighted by atomic mass is 10.1. The number of hydrogen-bond acceptors (Lipinski definition) is 4. The zero-order valence-electron chi connectivity index (χ0n) is 15.1. The van der Waals surface area contributed by atoms with E-state index >= 15 is 0 Å². The Morgan fingerprint density at radius 3 is 2.52 bits per heavy atom. The maximum absolute atomic E-state index is 12.3. The first-order valence-corrected chi connectivity index (χ1v) is 9.92. The Hall–Kier alpha value is -1.93. The second-order valence-electron chi connectivity index (χ2n) is 6.80. The van der Waals surface area contributed by atoms with E-state index in [1.54, 1.807) is 38.1 Å². The molecule has 2 aromatic rings. The van der Waals surface area contributed by atoms with Crippen LogP contribution in [0.2, 0.25) is 0 Å². The maximum Gasteiger partial charge on any atom is 0.291 e. The highest BCUT2D eigenvalue weighted by molar-refractivity contribution is 9.25. The van der Waals surface area contributed by atoms with Crippen LogP contribution in [0.15, 0.2) is 45.9 Å². The average Bonchev–Trinajstić information content (AvgIpc) is 2.94. The largest absolute Gasteiger partial charge is 0.456 e. The molecule has 1 saturated carbocycles. The van der Waals surface area contributed by atoms with E-state index in [1.807, 2.05) is 19.1 Å². The van der Waals surface area contributed by atoms with Crippen LogP contribution >= 0.6 is 31.9 Å². The van der Waals surface area contributed by atoms with Crippen LogP contribution in [0.3, 0.4) is 0 Å². The summed E-state index contributed by atoms with van der Waals surface area (Å²) in [6.45, 7) is 5.44. The van der Waals surface area contributed by atoms with Crippen LogP contribution in [0.4, 0.5) is 5.69 Å². The van der Waals surface area contributed by atoms with E-state index in [0.717, 1.165) is 5.56 Å². The van der Waals surface area contributed by atoms with Crippen molar-refractivity contribution < 1.29 is 14.0 Å². The van der Waals surface area contributed by atoms with Gasteiger partial charge in [-0.15, -0.1) is 0 Å². The van der Waals surface area contributed by atoms with Gasteiger partial charge >= 0.3 is 0 Å². The molecule has 0 saturated heterocycles. The monoisotopic (exact) mass is 495 g/mol. The molecule has 8 heteroatoms. The van der Waals surface area contributed by atoms with Crippen LogP contribution in [0, 0.1) is 12.3 Å². The lowest BCUT2D eigenvalue weighted by Crippen LogP contribution is -2.30. The van der Waals surface area contributed by atoms with Crippen LogP contribution in [-0.2, 0) is 4.79 Å². The highest BCUT2D eigenvalue weighted by atomic mass is 79.9. The third kappa shape index (κ3) is 4.16. The number of halogens is 2. The Morgan fingerprint density at radius 1 is 1.22 bits per heavy atom. The molecule has 0 spiro atoms. The second-order valence-corrected chi connectivity index (χ2v) is 10.6. The summed E-state index contributed by atoms with van der Waals surface area (Å²) in [5.41, 5.74) is 4.11. The van der Waals surface area contributed by atoms with Crippen molar-refractivity contribution in [1.29, 1.82) is 0 Å². The summed E-state index contributed by atoms with van der Waals surface area (Å²) in [7, 11) is 0. The number of nitrogens with one attached hydrogen (secondary N) is 2. The number of alkyl halides is 2. The van der Waals surface area contributed by atoms with E-state index in [1.165, 1.54) is 0 Å². The van der Waals surface area contributed by atoms with E-state index < -0.39 is 5.41 Å². The summed E-state index contributed by atoms with van der Waals surface area (Å²) in [6.07, 6.45) is 0.689. The van der Waals surface area contributed by atoms with Crippen LogP contribution in [0.1, 0.15) is 42.1 Å². The normalized spacial score (nSPS) is 20.9. The molecule has 0 bridgehead atoms. The van der Waals surface area contributed by atoms with Crippen LogP contribution < -0.4 is 10.7 Å². The molecule has 0 unspecified atom stereocenters. The van der Waals surface area contributed by atoms with Gasteiger partial charge in [-0.1, -0.05) is 44.0 Å². The molecular weight excluding hydrogens is 478 g/mol. The fraction of sp³-hybridized carbons (Fsp3) is 0.316. The van der Waals surface area contributed by atoms with Crippen molar-refractivity contribution in [2.45, 2.75) is 30.4 Å². The van der Waals surface area contributed by atoms with E-state index in [-0.39, 0.29) is 20.8 Å². The lowest BCUT2D eigenvalue weighted by molar-refractivity contribution is -0.125. The van der Waals surface area contributed by atoms with Gasteiger partial charge in [0, 0.05) is 5.69 Å². The molecule has 2 amide bonds. The molecular formula is C19H19Br2N3O3. The molecule has 0 aliphatic heterocycles. The Kier molecular flexibility index (Phi) is 5.31. The Balaban J connectivity index is 1.67. The van der Waals surface area contributed by atoms with Gasteiger partial charge in [-0.3, -0.25) is 9.59 Å².